The van der Waals surface area contributed by atoms with Gasteiger partial charge in [-0.2, -0.15) is 0 Å². The molecule has 19 heavy (non-hydrogen) atoms. The Morgan fingerprint density at radius 1 is 1.32 bits per heavy atom. The molecule has 7 heteroatoms. The molecule has 0 aliphatic rings. The second kappa shape index (κ2) is 8.14. The number of carboxylic acid groups (broad SMARTS) is 1. The lowest BCUT2D eigenvalue weighted by atomic mass is 10.1. The minimum atomic E-state index is -0.927. The molecule has 0 aliphatic carbocycles. The topological polar surface area (TPSA) is 86.7 Å². The highest BCUT2D eigenvalue weighted by molar-refractivity contribution is 7.84. The lowest BCUT2D eigenvalue weighted by Crippen LogP contribution is -2.51. The van der Waals surface area contributed by atoms with Gasteiger partial charge in [-0.05, 0) is 27.2 Å². The molecule has 0 heterocycles. The van der Waals surface area contributed by atoms with Crippen LogP contribution in [0.15, 0.2) is 0 Å². The van der Waals surface area contributed by atoms with E-state index < -0.39 is 22.3 Å². The first-order valence-corrected chi connectivity index (χ1v) is 7.94. The molecule has 0 saturated heterocycles. The summed E-state index contributed by atoms with van der Waals surface area (Å²) in [7, 11) is -0.860. The van der Waals surface area contributed by atoms with Crippen molar-refractivity contribution in [3.05, 3.63) is 0 Å². The molecule has 6 nitrogen and oxygen atoms in total. The van der Waals surface area contributed by atoms with E-state index >= 15 is 0 Å². The summed E-state index contributed by atoms with van der Waals surface area (Å²) in [5.74, 6) is -0.381. The van der Waals surface area contributed by atoms with Gasteiger partial charge < -0.3 is 15.3 Å². The fourth-order valence-electron chi connectivity index (χ4n) is 1.52. The number of carbonyl (C=O) groups excluding carboxylic acids is 1. The van der Waals surface area contributed by atoms with Crippen molar-refractivity contribution in [2.24, 2.45) is 0 Å². The molecule has 0 fully saturated rings. The summed E-state index contributed by atoms with van der Waals surface area (Å²) in [4.78, 5) is 24.1. The molecule has 0 aromatic carbocycles. The van der Waals surface area contributed by atoms with Crippen LogP contribution < -0.4 is 5.32 Å². The van der Waals surface area contributed by atoms with Crippen LogP contribution in [-0.4, -0.2) is 56.9 Å². The number of rotatable bonds is 7. The van der Waals surface area contributed by atoms with Crippen LogP contribution in [0.1, 0.15) is 33.6 Å². The van der Waals surface area contributed by atoms with Gasteiger partial charge in [0.2, 0.25) is 0 Å². The maximum Gasteiger partial charge on any atom is 0.317 e. The zero-order valence-corrected chi connectivity index (χ0v) is 12.9. The fraction of sp³-hybridized carbons (Fsp3) is 0.833. The van der Waals surface area contributed by atoms with Crippen molar-refractivity contribution in [2.45, 2.75) is 39.2 Å². The highest BCUT2D eigenvalue weighted by atomic mass is 32.2. The van der Waals surface area contributed by atoms with Gasteiger partial charge in [0.1, 0.15) is 0 Å². The number of urea groups is 1. The average molecular weight is 292 g/mol. The van der Waals surface area contributed by atoms with E-state index in [1.54, 1.807) is 6.26 Å². The van der Waals surface area contributed by atoms with Crippen molar-refractivity contribution in [2.75, 3.05) is 25.1 Å². The van der Waals surface area contributed by atoms with Crippen molar-refractivity contribution < 1.29 is 18.9 Å². The van der Waals surface area contributed by atoms with Crippen molar-refractivity contribution >= 4 is 22.8 Å². The maximum atomic E-state index is 12.0. The maximum absolute atomic E-state index is 12.0. The van der Waals surface area contributed by atoms with Crippen LogP contribution in [-0.2, 0) is 15.6 Å². The molecular weight excluding hydrogens is 268 g/mol. The molecule has 112 valence electrons. The van der Waals surface area contributed by atoms with E-state index in [9.17, 15) is 13.8 Å². The van der Waals surface area contributed by atoms with Crippen molar-refractivity contribution in [3.8, 4) is 0 Å². The van der Waals surface area contributed by atoms with Gasteiger partial charge in [0.25, 0.3) is 0 Å². The van der Waals surface area contributed by atoms with Crippen molar-refractivity contribution in [1.29, 1.82) is 0 Å². The van der Waals surface area contributed by atoms with Crippen LogP contribution in [0.4, 0.5) is 4.79 Å². The highest BCUT2D eigenvalue weighted by Crippen LogP contribution is 2.13. The third kappa shape index (κ3) is 8.58. The van der Waals surface area contributed by atoms with Gasteiger partial charge in [0.15, 0.2) is 0 Å². The number of aliphatic carboxylic acids is 1. The van der Waals surface area contributed by atoms with Crippen LogP contribution in [0.2, 0.25) is 0 Å². The van der Waals surface area contributed by atoms with Crippen LogP contribution in [0.25, 0.3) is 0 Å². The fourth-order valence-corrected chi connectivity index (χ4v) is 2.07. The molecule has 0 saturated carbocycles. The molecular formula is C12H24N2O4S. The summed E-state index contributed by atoms with van der Waals surface area (Å²) in [5.41, 5.74) is -0.437. The largest absolute Gasteiger partial charge is 0.481 e. The Labute approximate surface area is 117 Å². The van der Waals surface area contributed by atoms with Crippen LogP contribution in [0, 0.1) is 0 Å². The molecule has 0 radical (unpaired) electrons. The Morgan fingerprint density at radius 3 is 2.32 bits per heavy atom. The first kappa shape index (κ1) is 17.9. The second-order valence-electron chi connectivity index (χ2n) is 5.33. The second-order valence-corrected chi connectivity index (χ2v) is 6.88. The first-order chi connectivity index (χ1) is 8.64. The van der Waals surface area contributed by atoms with Crippen LogP contribution in [0.3, 0.4) is 0 Å². The lowest BCUT2D eigenvalue weighted by molar-refractivity contribution is -0.137. The Balaban J connectivity index is 4.31. The molecule has 2 amide bonds. The summed E-state index contributed by atoms with van der Waals surface area (Å²) in [5, 5.41) is 11.4. The van der Waals surface area contributed by atoms with Crippen molar-refractivity contribution in [1.82, 2.24) is 10.2 Å². The van der Waals surface area contributed by atoms with Crippen LogP contribution >= 0.6 is 0 Å². The van der Waals surface area contributed by atoms with E-state index in [4.69, 9.17) is 5.11 Å². The Hall–Kier alpha value is -1.11. The monoisotopic (exact) mass is 292 g/mol. The molecule has 0 bridgehead atoms. The summed E-state index contributed by atoms with van der Waals surface area (Å²) in [6, 6.07) is -0.282. The van der Waals surface area contributed by atoms with E-state index in [2.05, 4.69) is 5.32 Å². The van der Waals surface area contributed by atoms with Gasteiger partial charge in [-0.25, -0.2) is 4.79 Å². The van der Waals surface area contributed by atoms with Crippen LogP contribution in [0.5, 0.6) is 0 Å². The predicted molar refractivity (Wildman–Crippen MR) is 75.7 cm³/mol. The van der Waals surface area contributed by atoms with Crippen molar-refractivity contribution in [3.63, 3.8) is 0 Å². The zero-order valence-electron chi connectivity index (χ0n) is 12.1. The van der Waals surface area contributed by atoms with E-state index in [0.717, 1.165) is 0 Å². The highest BCUT2D eigenvalue weighted by Gasteiger charge is 2.26. The third-order valence-electron chi connectivity index (χ3n) is 2.49. The first-order valence-electron chi connectivity index (χ1n) is 6.22. The Bertz CT molecular complexity index is 339. The number of amides is 2. The number of nitrogens with zero attached hydrogens (tertiary/aromatic N) is 1. The smallest absolute Gasteiger partial charge is 0.317 e. The molecule has 1 atom stereocenters. The zero-order chi connectivity index (χ0) is 15.1. The molecule has 0 aromatic heterocycles. The quantitative estimate of drug-likeness (QED) is 0.686. The number of hydrogen-bond acceptors (Lipinski definition) is 3. The molecule has 0 spiro atoms. The average Bonchev–Trinajstić information content (AvgIpc) is 2.22. The minimum absolute atomic E-state index is 0.0797. The minimum Gasteiger partial charge on any atom is -0.481 e. The Morgan fingerprint density at radius 2 is 1.89 bits per heavy atom. The molecule has 0 aliphatic heterocycles. The van der Waals surface area contributed by atoms with Gasteiger partial charge in [-0.15, -0.1) is 0 Å². The summed E-state index contributed by atoms with van der Waals surface area (Å²) >= 11 is 0. The standard InChI is InChI=1S/C12H24N2O4S/c1-12(2,3)14(8-6-10(15)16)11(17)13-7-5-9-19(4)18/h5-9H2,1-4H3,(H,13,17)(H,15,16). The van der Waals surface area contributed by atoms with Gasteiger partial charge in [0, 0.05) is 41.4 Å². The molecule has 2 N–H and O–H groups in total. The number of carbonyl (C=O) groups is 2. The lowest BCUT2D eigenvalue weighted by Gasteiger charge is -2.35. The Kier molecular flexibility index (Phi) is 7.66. The molecule has 0 rings (SSSR count). The van der Waals surface area contributed by atoms with Gasteiger partial charge >= 0.3 is 12.0 Å². The molecule has 1 unspecified atom stereocenters. The number of hydrogen-bond donors (Lipinski definition) is 2. The predicted octanol–water partition coefficient (Wildman–Crippen LogP) is 1.04. The summed E-state index contributed by atoms with van der Waals surface area (Å²) in [6.45, 7) is 6.18. The van der Waals surface area contributed by atoms with E-state index in [1.807, 2.05) is 20.8 Å². The van der Waals surface area contributed by atoms with E-state index in [0.29, 0.717) is 18.7 Å². The van der Waals surface area contributed by atoms with Gasteiger partial charge in [0.05, 0.1) is 6.42 Å². The number of carboxylic acids is 1. The summed E-state index contributed by atoms with van der Waals surface area (Å²) in [6.07, 6.45) is 2.19. The van der Waals surface area contributed by atoms with Gasteiger partial charge in [-0.1, -0.05) is 0 Å². The number of nitrogens with one attached hydrogen (secondary N) is 1. The summed E-state index contributed by atoms with van der Waals surface area (Å²) < 4.78 is 10.9. The molecule has 0 aromatic rings. The van der Waals surface area contributed by atoms with Gasteiger partial charge in [-0.3, -0.25) is 9.00 Å². The third-order valence-corrected chi connectivity index (χ3v) is 3.35. The van der Waals surface area contributed by atoms with E-state index in [1.165, 1.54) is 4.90 Å². The normalized spacial score (nSPS) is 12.8. The van der Waals surface area contributed by atoms with E-state index in [-0.39, 0.29) is 19.0 Å². The SMILES string of the molecule is CS(=O)CCCNC(=O)N(CCC(=O)O)C(C)(C)C.